The summed E-state index contributed by atoms with van der Waals surface area (Å²) in [6, 6.07) is 5.63. The van der Waals surface area contributed by atoms with Gasteiger partial charge >= 0.3 is 0 Å². The molecule has 0 spiro atoms. The summed E-state index contributed by atoms with van der Waals surface area (Å²) in [5.74, 6) is 0.492. The molecule has 1 aromatic rings. The van der Waals surface area contributed by atoms with Crippen molar-refractivity contribution >= 4 is 17.5 Å². The molecule has 4 nitrogen and oxygen atoms in total. The zero-order valence-electron chi connectivity index (χ0n) is 12.4. The van der Waals surface area contributed by atoms with Crippen LogP contribution < -0.4 is 10.5 Å². The summed E-state index contributed by atoms with van der Waals surface area (Å²) in [4.78, 5) is 13.6. The number of likely N-dealkylation sites (N-methyl/N-ethyl adjacent to an activating group) is 1. The van der Waals surface area contributed by atoms with E-state index in [0.29, 0.717) is 23.9 Å². The highest BCUT2D eigenvalue weighted by atomic mass is 35.5. The Balaban J connectivity index is 2.63. The topological polar surface area (TPSA) is 55.6 Å². The molecule has 20 heavy (non-hydrogen) atoms. The van der Waals surface area contributed by atoms with Gasteiger partial charge in [-0.05, 0) is 44.9 Å². The predicted octanol–water partition coefficient (Wildman–Crippen LogP) is 2.48. The minimum Gasteiger partial charge on any atom is -0.482 e. The quantitative estimate of drug-likeness (QED) is 0.841. The van der Waals surface area contributed by atoms with Crippen LogP contribution in [0.15, 0.2) is 18.2 Å². The number of nitrogens with zero attached hydrogens (tertiary/aromatic N) is 1. The molecule has 0 saturated heterocycles. The number of halogens is 1. The Morgan fingerprint density at radius 2 is 2.05 bits per heavy atom. The Kier molecular flexibility index (Phi) is 6.82. The van der Waals surface area contributed by atoms with Crippen LogP contribution in [-0.2, 0) is 11.2 Å². The molecule has 0 heterocycles. The van der Waals surface area contributed by atoms with Crippen molar-refractivity contribution in [3.05, 3.63) is 28.8 Å². The highest BCUT2D eigenvalue weighted by molar-refractivity contribution is 6.32. The largest absolute Gasteiger partial charge is 0.482 e. The first-order valence-electron chi connectivity index (χ1n) is 6.92. The van der Waals surface area contributed by atoms with Crippen molar-refractivity contribution in [3.8, 4) is 5.75 Å². The summed E-state index contributed by atoms with van der Waals surface area (Å²) in [5, 5.41) is 0.510. The average molecular weight is 299 g/mol. The van der Waals surface area contributed by atoms with E-state index in [1.54, 1.807) is 11.0 Å². The molecule has 0 radical (unpaired) electrons. The number of hydrogen-bond acceptors (Lipinski definition) is 3. The van der Waals surface area contributed by atoms with Crippen LogP contribution in [0.4, 0.5) is 0 Å². The molecule has 2 N–H and O–H groups in total. The molecule has 0 aromatic heterocycles. The van der Waals surface area contributed by atoms with E-state index in [0.717, 1.165) is 12.0 Å². The molecular formula is C15H23ClN2O2. The lowest BCUT2D eigenvalue weighted by Gasteiger charge is -2.19. The molecule has 0 fully saturated rings. The molecule has 0 saturated carbocycles. The predicted molar refractivity (Wildman–Crippen MR) is 82.2 cm³/mol. The van der Waals surface area contributed by atoms with E-state index in [4.69, 9.17) is 22.1 Å². The molecular weight excluding hydrogens is 276 g/mol. The third-order valence-corrected chi connectivity index (χ3v) is 3.32. The van der Waals surface area contributed by atoms with E-state index in [9.17, 15) is 4.79 Å². The van der Waals surface area contributed by atoms with E-state index in [1.807, 2.05) is 32.9 Å². The number of benzene rings is 1. The smallest absolute Gasteiger partial charge is 0.260 e. The number of ether oxygens (including phenoxy) is 1. The standard InChI is InChI=1S/C15H23ClN2O2/c1-4-18(5-2)15(19)10-20-14-7-6-12(8-11(3)17)9-13(14)16/h6-7,9,11H,4-5,8,10,17H2,1-3H3. The highest BCUT2D eigenvalue weighted by Gasteiger charge is 2.11. The van der Waals surface area contributed by atoms with Gasteiger partial charge in [0.2, 0.25) is 0 Å². The fourth-order valence-electron chi connectivity index (χ4n) is 1.97. The molecule has 0 aliphatic heterocycles. The van der Waals surface area contributed by atoms with Crippen molar-refractivity contribution in [1.29, 1.82) is 0 Å². The Bertz CT molecular complexity index is 445. The van der Waals surface area contributed by atoms with Gasteiger partial charge in [0.1, 0.15) is 5.75 Å². The minimum absolute atomic E-state index is 0.00797. The first kappa shape index (κ1) is 16.8. The Morgan fingerprint density at radius 1 is 1.40 bits per heavy atom. The van der Waals surface area contributed by atoms with Crippen LogP contribution in [0, 0.1) is 0 Å². The van der Waals surface area contributed by atoms with Gasteiger partial charge in [-0.1, -0.05) is 17.7 Å². The number of amides is 1. The zero-order chi connectivity index (χ0) is 15.1. The monoisotopic (exact) mass is 298 g/mol. The van der Waals surface area contributed by atoms with E-state index in [1.165, 1.54) is 0 Å². The van der Waals surface area contributed by atoms with Crippen LogP contribution in [0.25, 0.3) is 0 Å². The molecule has 112 valence electrons. The number of carbonyl (C=O) groups excluding carboxylic acids is 1. The van der Waals surface area contributed by atoms with Crippen molar-refractivity contribution in [2.45, 2.75) is 33.2 Å². The number of hydrogen-bond donors (Lipinski definition) is 1. The third-order valence-electron chi connectivity index (χ3n) is 3.02. The summed E-state index contributed by atoms with van der Waals surface area (Å²) in [6.45, 7) is 7.20. The first-order valence-corrected chi connectivity index (χ1v) is 7.30. The zero-order valence-corrected chi connectivity index (χ0v) is 13.1. The summed E-state index contributed by atoms with van der Waals surface area (Å²) in [7, 11) is 0. The van der Waals surface area contributed by atoms with Gasteiger partial charge in [0, 0.05) is 19.1 Å². The van der Waals surface area contributed by atoms with Gasteiger partial charge < -0.3 is 15.4 Å². The maximum absolute atomic E-state index is 11.8. The number of rotatable bonds is 7. The first-order chi connectivity index (χ1) is 9.47. The van der Waals surface area contributed by atoms with E-state index < -0.39 is 0 Å². The molecule has 0 aliphatic rings. The van der Waals surface area contributed by atoms with Crippen LogP contribution in [0.1, 0.15) is 26.3 Å². The van der Waals surface area contributed by atoms with Crippen LogP contribution in [0.5, 0.6) is 5.75 Å². The second-order valence-corrected chi connectivity index (χ2v) is 5.21. The summed E-state index contributed by atoms with van der Waals surface area (Å²) in [5.41, 5.74) is 6.81. The van der Waals surface area contributed by atoms with Crippen molar-refractivity contribution in [1.82, 2.24) is 4.90 Å². The van der Waals surface area contributed by atoms with Gasteiger partial charge in [0.15, 0.2) is 6.61 Å². The minimum atomic E-state index is -0.0364. The average Bonchev–Trinajstić information content (AvgIpc) is 2.38. The van der Waals surface area contributed by atoms with E-state index in [-0.39, 0.29) is 18.6 Å². The van der Waals surface area contributed by atoms with Crippen molar-refractivity contribution in [2.24, 2.45) is 5.73 Å². The number of nitrogens with two attached hydrogens (primary N) is 1. The lowest BCUT2D eigenvalue weighted by atomic mass is 10.1. The molecule has 1 atom stereocenters. The Hall–Kier alpha value is -1.26. The van der Waals surface area contributed by atoms with Gasteiger partial charge in [-0.2, -0.15) is 0 Å². The molecule has 1 unspecified atom stereocenters. The number of carbonyl (C=O) groups is 1. The molecule has 1 rings (SSSR count). The second-order valence-electron chi connectivity index (χ2n) is 4.80. The fourth-order valence-corrected chi connectivity index (χ4v) is 2.22. The summed E-state index contributed by atoms with van der Waals surface area (Å²) < 4.78 is 5.49. The van der Waals surface area contributed by atoms with Gasteiger partial charge in [0.05, 0.1) is 5.02 Å². The van der Waals surface area contributed by atoms with Crippen LogP contribution in [-0.4, -0.2) is 36.5 Å². The van der Waals surface area contributed by atoms with Gasteiger partial charge in [0.25, 0.3) is 5.91 Å². The van der Waals surface area contributed by atoms with Crippen molar-refractivity contribution in [2.75, 3.05) is 19.7 Å². The lowest BCUT2D eigenvalue weighted by molar-refractivity contribution is -0.132. The van der Waals surface area contributed by atoms with Gasteiger partial charge in [-0.25, -0.2) is 0 Å². The van der Waals surface area contributed by atoms with Gasteiger partial charge in [-0.3, -0.25) is 4.79 Å². The lowest BCUT2D eigenvalue weighted by Crippen LogP contribution is -2.34. The van der Waals surface area contributed by atoms with Crippen LogP contribution in [0.2, 0.25) is 5.02 Å². The van der Waals surface area contributed by atoms with Crippen molar-refractivity contribution < 1.29 is 9.53 Å². The molecule has 0 aliphatic carbocycles. The normalized spacial score (nSPS) is 12.1. The van der Waals surface area contributed by atoms with Gasteiger partial charge in [-0.15, -0.1) is 0 Å². The fraction of sp³-hybridized carbons (Fsp3) is 0.533. The summed E-state index contributed by atoms with van der Waals surface area (Å²) >= 11 is 6.15. The summed E-state index contributed by atoms with van der Waals surface area (Å²) in [6.07, 6.45) is 0.762. The highest BCUT2D eigenvalue weighted by Crippen LogP contribution is 2.26. The van der Waals surface area contributed by atoms with Crippen molar-refractivity contribution in [3.63, 3.8) is 0 Å². The molecule has 0 bridgehead atoms. The van der Waals surface area contributed by atoms with E-state index >= 15 is 0 Å². The van der Waals surface area contributed by atoms with Crippen LogP contribution in [0.3, 0.4) is 0 Å². The molecule has 5 heteroatoms. The Labute approximate surface area is 125 Å². The second kappa shape index (κ2) is 8.12. The maximum Gasteiger partial charge on any atom is 0.260 e. The molecule has 1 aromatic carbocycles. The SMILES string of the molecule is CCN(CC)C(=O)COc1ccc(CC(C)N)cc1Cl. The van der Waals surface area contributed by atoms with E-state index in [2.05, 4.69) is 0 Å². The third kappa shape index (κ3) is 5.02. The van der Waals surface area contributed by atoms with Crippen LogP contribution >= 0.6 is 11.6 Å². The maximum atomic E-state index is 11.8. The molecule has 1 amide bonds. The Morgan fingerprint density at radius 3 is 2.55 bits per heavy atom.